The third-order valence-electron chi connectivity index (χ3n) is 5.18. The molecule has 20 heavy (non-hydrogen) atoms. The van der Waals surface area contributed by atoms with Crippen molar-refractivity contribution < 1.29 is 14.7 Å². The molecule has 0 saturated carbocycles. The van der Waals surface area contributed by atoms with Crippen LogP contribution in [0.3, 0.4) is 0 Å². The van der Waals surface area contributed by atoms with Gasteiger partial charge in [0, 0.05) is 25.7 Å². The van der Waals surface area contributed by atoms with E-state index in [2.05, 4.69) is 10.2 Å². The first-order chi connectivity index (χ1) is 9.54. The minimum atomic E-state index is -0.796. The Morgan fingerprint density at radius 3 is 2.35 bits per heavy atom. The Kier molecular flexibility index (Phi) is 3.58. The average molecular weight is 281 g/mol. The molecule has 4 saturated heterocycles. The highest BCUT2D eigenvalue weighted by Gasteiger charge is 2.39. The van der Waals surface area contributed by atoms with Crippen LogP contribution in [0.25, 0.3) is 0 Å². The van der Waals surface area contributed by atoms with Crippen molar-refractivity contribution in [2.24, 2.45) is 17.8 Å². The van der Waals surface area contributed by atoms with E-state index >= 15 is 0 Å². The first-order valence-corrected chi connectivity index (χ1v) is 7.55. The summed E-state index contributed by atoms with van der Waals surface area (Å²) in [5.74, 6) is -0.591. The number of piperidine rings is 3. The molecule has 0 aromatic rings. The van der Waals surface area contributed by atoms with Crippen LogP contribution in [-0.2, 0) is 4.79 Å². The van der Waals surface area contributed by atoms with Gasteiger partial charge in [-0.1, -0.05) is 6.92 Å². The summed E-state index contributed by atoms with van der Waals surface area (Å²) in [5, 5.41) is 12.3. The lowest BCUT2D eigenvalue weighted by atomic mass is 9.84. The Morgan fingerprint density at radius 1 is 1.15 bits per heavy atom. The first kappa shape index (κ1) is 13.7. The quantitative estimate of drug-likeness (QED) is 0.770. The Balaban J connectivity index is 1.56. The molecule has 6 heteroatoms. The molecule has 4 aliphatic rings. The number of fused-ring (bicyclic) bond motifs is 3. The summed E-state index contributed by atoms with van der Waals surface area (Å²) < 4.78 is 0. The second-order valence-corrected chi connectivity index (χ2v) is 6.52. The van der Waals surface area contributed by atoms with Gasteiger partial charge in [-0.25, -0.2) is 4.79 Å². The first-order valence-electron chi connectivity index (χ1n) is 7.55. The number of aliphatic carboxylic acids is 1. The summed E-state index contributed by atoms with van der Waals surface area (Å²) in [7, 11) is 0. The largest absolute Gasteiger partial charge is 0.481 e. The van der Waals surface area contributed by atoms with Gasteiger partial charge in [0.2, 0.25) is 0 Å². The lowest BCUT2D eigenvalue weighted by Gasteiger charge is -2.45. The number of hydrogen-bond acceptors (Lipinski definition) is 3. The van der Waals surface area contributed by atoms with Gasteiger partial charge < -0.3 is 20.2 Å². The van der Waals surface area contributed by atoms with Crippen molar-refractivity contribution in [2.45, 2.75) is 25.8 Å². The lowest BCUT2D eigenvalue weighted by Crippen LogP contribution is -2.59. The van der Waals surface area contributed by atoms with E-state index in [1.54, 1.807) is 4.90 Å². The number of carbonyl (C=O) groups excluding carboxylic acids is 1. The van der Waals surface area contributed by atoms with Gasteiger partial charge in [0.1, 0.15) is 0 Å². The van der Waals surface area contributed by atoms with Crippen LogP contribution in [0.2, 0.25) is 0 Å². The van der Waals surface area contributed by atoms with Gasteiger partial charge in [-0.3, -0.25) is 4.79 Å². The molecule has 6 nitrogen and oxygen atoms in total. The van der Waals surface area contributed by atoms with Crippen LogP contribution in [0.1, 0.15) is 19.8 Å². The number of carboxylic acid groups (broad SMARTS) is 1. The number of nitrogens with zero attached hydrogens (tertiary/aromatic N) is 2. The molecule has 3 atom stereocenters. The van der Waals surface area contributed by atoms with Crippen LogP contribution in [0.4, 0.5) is 4.79 Å². The third kappa shape index (κ3) is 2.49. The molecule has 3 unspecified atom stereocenters. The second kappa shape index (κ2) is 5.24. The maximum atomic E-state index is 12.3. The maximum absolute atomic E-state index is 12.3. The second-order valence-electron chi connectivity index (χ2n) is 6.52. The molecular formula is C14H23N3O3. The minimum absolute atomic E-state index is 0.0322. The smallest absolute Gasteiger partial charge is 0.317 e. The van der Waals surface area contributed by atoms with Gasteiger partial charge >= 0.3 is 12.0 Å². The number of urea groups is 1. The number of amides is 2. The fourth-order valence-corrected chi connectivity index (χ4v) is 3.83. The number of rotatable bonds is 2. The molecule has 4 heterocycles. The molecule has 0 aromatic carbocycles. The van der Waals surface area contributed by atoms with Gasteiger partial charge in [-0.05, 0) is 37.8 Å². The van der Waals surface area contributed by atoms with E-state index in [1.807, 2.05) is 6.92 Å². The van der Waals surface area contributed by atoms with Crippen molar-refractivity contribution in [1.82, 2.24) is 15.1 Å². The highest BCUT2D eigenvalue weighted by atomic mass is 16.4. The fraction of sp³-hybridized carbons (Fsp3) is 0.857. The molecule has 112 valence electrons. The number of carboxylic acids is 1. The molecule has 2 N–H and O–H groups in total. The van der Waals surface area contributed by atoms with E-state index in [9.17, 15) is 9.59 Å². The molecule has 0 radical (unpaired) electrons. The Morgan fingerprint density at radius 2 is 1.85 bits per heavy atom. The van der Waals surface area contributed by atoms with Gasteiger partial charge in [-0.15, -0.1) is 0 Å². The predicted octanol–water partition coefficient (Wildman–Crippen LogP) is 0.443. The van der Waals surface area contributed by atoms with Crippen molar-refractivity contribution in [3.8, 4) is 0 Å². The molecule has 0 aromatic heterocycles. The normalized spacial score (nSPS) is 39.9. The summed E-state index contributed by atoms with van der Waals surface area (Å²) in [5.41, 5.74) is 0. The van der Waals surface area contributed by atoms with Gasteiger partial charge in [0.15, 0.2) is 0 Å². The standard InChI is InChI=1S/C14H23N3O3/c1-9-6-17(7-11(9)13(18)19)14(20)15-12-8-16-4-2-10(12)3-5-16/h9-12H,2-8H2,1H3,(H,15,20)(H,18,19). The van der Waals surface area contributed by atoms with Crippen LogP contribution in [0.5, 0.6) is 0 Å². The molecule has 2 bridgehead atoms. The zero-order valence-corrected chi connectivity index (χ0v) is 11.9. The van der Waals surface area contributed by atoms with E-state index in [0.717, 1.165) is 19.6 Å². The third-order valence-corrected chi connectivity index (χ3v) is 5.18. The van der Waals surface area contributed by atoms with E-state index in [4.69, 9.17) is 5.11 Å². The van der Waals surface area contributed by atoms with E-state index in [1.165, 1.54) is 12.8 Å². The number of carbonyl (C=O) groups is 2. The van der Waals surface area contributed by atoms with Gasteiger partial charge in [-0.2, -0.15) is 0 Å². The van der Waals surface area contributed by atoms with E-state index < -0.39 is 11.9 Å². The Labute approximate surface area is 119 Å². The SMILES string of the molecule is CC1CN(C(=O)NC2CN3CCC2CC3)CC1C(=O)O. The van der Waals surface area contributed by atoms with Crippen LogP contribution in [0, 0.1) is 17.8 Å². The lowest BCUT2D eigenvalue weighted by molar-refractivity contribution is -0.142. The monoisotopic (exact) mass is 281 g/mol. The van der Waals surface area contributed by atoms with Crippen LogP contribution < -0.4 is 5.32 Å². The fourth-order valence-electron chi connectivity index (χ4n) is 3.83. The summed E-state index contributed by atoms with van der Waals surface area (Å²) in [6.45, 7) is 6.04. The minimum Gasteiger partial charge on any atom is -0.481 e. The van der Waals surface area contributed by atoms with Crippen molar-refractivity contribution in [1.29, 1.82) is 0 Å². The van der Waals surface area contributed by atoms with E-state index in [-0.39, 0.29) is 18.0 Å². The zero-order chi connectivity index (χ0) is 14.3. The molecule has 0 spiro atoms. The molecule has 0 aliphatic carbocycles. The van der Waals surface area contributed by atoms with Crippen molar-refractivity contribution in [3.05, 3.63) is 0 Å². The van der Waals surface area contributed by atoms with Crippen LogP contribution in [0.15, 0.2) is 0 Å². The molecule has 4 aliphatic heterocycles. The Bertz CT molecular complexity index is 406. The molecule has 2 amide bonds. The maximum Gasteiger partial charge on any atom is 0.317 e. The van der Waals surface area contributed by atoms with Crippen LogP contribution in [-0.4, -0.2) is 65.7 Å². The number of hydrogen-bond donors (Lipinski definition) is 2. The topological polar surface area (TPSA) is 72.9 Å². The zero-order valence-electron chi connectivity index (χ0n) is 11.9. The molecule has 4 fully saturated rings. The summed E-state index contributed by atoms with van der Waals surface area (Å²) in [6, 6.07) is 0.156. The number of nitrogens with one attached hydrogen (secondary N) is 1. The predicted molar refractivity (Wildman–Crippen MR) is 73.3 cm³/mol. The van der Waals surface area contributed by atoms with Crippen molar-refractivity contribution in [2.75, 3.05) is 32.7 Å². The Hall–Kier alpha value is -1.30. The molecular weight excluding hydrogens is 258 g/mol. The highest BCUT2D eigenvalue weighted by molar-refractivity contribution is 5.78. The highest BCUT2D eigenvalue weighted by Crippen LogP contribution is 2.28. The summed E-state index contributed by atoms with van der Waals surface area (Å²) in [6.07, 6.45) is 2.33. The average Bonchev–Trinajstić information content (AvgIpc) is 2.82. The van der Waals surface area contributed by atoms with Gasteiger partial charge in [0.25, 0.3) is 0 Å². The van der Waals surface area contributed by atoms with Crippen molar-refractivity contribution in [3.63, 3.8) is 0 Å². The number of likely N-dealkylation sites (tertiary alicyclic amines) is 1. The molecule has 4 rings (SSSR count). The van der Waals surface area contributed by atoms with Crippen molar-refractivity contribution >= 4 is 12.0 Å². The van der Waals surface area contributed by atoms with E-state index in [0.29, 0.717) is 19.0 Å². The van der Waals surface area contributed by atoms with Gasteiger partial charge in [0.05, 0.1) is 5.92 Å². The summed E-state index contributed by atoms with van der Waals surface area (Å²) >= 11 is 0. The summed E-state index contributed by atoms with van der Waals surface area (Å²) in [4.78, 5) is 27.5. The van der Waals surface area contributed by atoms with Crippen LogP contribution >= 0.6 is 0 Å².